The Labute approximate surface area is 115 Å². The number of fused-ring (bicyclic) bond motifs is 1. The summed E-state index contributed by atoms with van der Waals surface area (Å²) < 4.78 is 12.5. The molecule has 0 fully saturated rings. The van der Waals surface area contributed by atoms with Crippen LogP contribution in [-0.4, -0.2) is 22.8 Å². The van der Waals surface area contributed by atoms with Crippen molar-refractivity contribution in [3.8, 4) is 11.5 Å². The van der Waals surface area contributed by atoms with Crippen LogP contribution in [0.5, 0.6) is 11.5 Å². The van der Waals surface area contributed by atoms with Gasteiger partial charge in [-0.15, -0.1) is 0 Å². The minimum Gasteiger partial charge on any atom is -0.486 e. The van der Waals surface area contributed by atoms with E-state index in [0.717, 1.165) is 11.1 Å². The molecule has 20 heavy (non-hydrogen) atoms. The largest absolute Gasteiger partial charge is 0.486 e. The molecule has 0 radical (unpaired) electrons. The maximum Gasteiger partial charge on any atom is 0.347 e. The van der Waals surface area contributed by atoms with Crippen molar-refractivity contribution in [2.45, 2.75) is 13.5 Å². The maximum absolute atomic E-state index is 11.7. The Morgan fingerprint density at radius 2 is 2.00 bits per heavy atom. The summed E-state index contributed by atoms with van der Waals surface area (Å²) in [5.41, 5.74) is 8.01. The molecular formula is C14H15N3O3. The molecule has 3 rings (SSSR count). The molecular weight excluding hydrogens is 258 g/mol. The lowest BCUT2D eigenvalue weighted by Gasteiger charge is -2.20. The van der Waals surface area contributed by atoms with E-state index in [9.17, 15) is 4.79 Å². The number of nitrogens with two attached hydrogens (primary N) is 1. The van der Waals surface area contributed by atoms with Crippen molar-refractivity contribution in [2.75, 3.05) is 18.9 Å². The summed E-state index contributed by atoms with van der Waals surface area (Å²) in [5.74, 6) is 1.31. The Balaban J connectivity index is 1.98. The molecule has 6 nitrogen and oxygen atoms in total. The van der Waals surface area contributed by atoms with Crippen LogP contribution in [0.3, 0.4) is 0 Å². The summed E-state index contributed by atoms with van der Waals surface area (Å²) in [7, 11) is 0. The quantitative estimate of drug-likeness (QED) is 0.824. The second kappa shape index (κ2) is 4.88. The topological polar surface area (TPSA) is 79.4 Å². The number of rotatable bonds is 2. The molecule has 0 saturated heterocycles. The van der Waals surface area contributed by atoms with Gasteiger partial charge in [0.25, 0.3) is 0 Å². The first-order valence-corrected chi connectivity index (χ1v) is 6.34. The van der Waals surface area contributed by atoms with Gasteiger partial charge in [0.2, 0.25) is 0 Å². The van der Waals surface area contributed by atoms with Gasteiger partial charge in [0.05, 0.1) is 6.54 Å². The summed E-state index contributed by atoms with van der Waals surface area (Å²) in [6, 6.07) is 3.55. The number of anilines is 1. The molecule has 0 unspecified atom stereocenters. The van der Waals surface area contributed by atoms with Crippen LogP contribution >= 0.6 is 0 Å². The Bertz CT molecular complexity index is 709. The first-order valence-electron chi connectivity index (χ1n) is 6.34. The first-order chi connectivity index (χ1) is 9.63. The molecule has 1 aliphatic rings. The van der Waals surface area contributed by atoms with Crippen molar-refractivity contribution >= 4 is 5.69 Å². The predicted molar refractivity (Wildman–Crippen MR) is 74.2 cm³/mol. The highest BCUT2D eigenvalue weighted by Gasteiger charge is 2.15. The number of hydrogen-bond donors (Lipinski definition) is 1. The van der Waals surface area contributed by atoms with E-state index in [1.54, 1.807) is 18.5 Å². The Hall–Kier alpha value is -2.50. The molecule has 1 aromatic carbocycles. The molecule has 2 N–H and O–H groups in total. The fourth-order valence-corrected chi connectivity index (χ4v) is 2.15. The van der Waals surface area contributed by atoms with Crippen LogP contribution < -0.4 is 20.9 Å². The Kier molecular flexibility index (Phi) is 3.06. The van der Waals surface area contributed by atoms with Crippen LogP contribution in [0, 0.1) is 6.92 Å². The second-order valence-corrected chi connectivity index (χ2v) is 4.74. The van der Waals surface area contributed by atoms with Crippen molar-refractivity contribution in [1.29, 1.82) is 0 Å². The molecule has 0 aliphatic carbocycles. The lowest BCUT2D eigenvalue weighted by Crippen LogP contribution is -2.23. The van der Waals surface area contributed by atoms with Gasteiger partial charge >= 0.3 is 5.69 Å². The van der Waals surface area contributed by atoms with Crippen molar-refractivity contribution in [1.82, 2.24) is 9.55 Å². The summed E-state index contributed by atoms with van der Waals surface area (Å²) in [6.45, 7) is 3.28. The van der Waals surface area contributed by atoms with Crippen molar-refractivity contribution in [2.24, 2.45) is 0 Å². The third-order valence-corrected chi connectivity index (χ3v) is 3.13. The van der Waals surface area contributed by atoms with Crippen molar-refractivity contribution in [3.05, 3.63) is 46.1 Å². The molecule has 104 valence electrons. The normalized spacial score (nSPS) is 13.2. The van der Waals surface area contributed by atoms with Crippen molar-refractivity contribution < 1.29 is 9.47 Å². The first kappa shape index (κ1) is 12.5. The summed E-state index contributed by atoms with van der Waals surface area (Å²) in [6.07, 6.45) is 3.30. The number of aryl methyl sites for hydroxylation is 1. The second-order valence-electron chi connectivity index (χ2n) is 4.74. The van der Waals surface area contributed by atoms with Gasteiger partial charge < -0.3 is 15.2 Å². The van der Waals surface area contributed by atoms with Gasteiger partial charge in [0.1, 0.15) is 13.2 Å². The number of aromatic nitrogens is 2. The number of benzene rings is 1. The monoisotopic (exact) mass is 273 g/mol. The highest BCUT2D eigenvalue weighted by Crippen LogP contribution is 2.34. The molecule has 0 spiro atoms. The van der Waals surface area contributed by atoms with E-state index in [4.69, 9.17) is 15.2 Å². The number of ether oxygens (including phenoxy) is 2. The van der Waals surface area contributed by atoms with E-state index in [1.807, 2.05) is 13.0 Å². The highest BCUT2D eigenvalue weighted by molar-refractivity contribution is 5.58. The minimum absolute atomic E-state index is 0.301. The van der Waals surface area contributed by atoms with Gasteiger partial charge in [-0.3, -0.25) is 4.57 Å². The predicted octanol–water partition coefficient (Wildman–Crippen LogP) is 0.953. The van der Waals surface area contributed by atoms with E-state index in [0.29, 0.717) is 36.9 Å². The van der Waals surface area contributed by atoms with E-state index in [-0.39, 0.29) is 5.69 Å². The average Bonchev–Trinajstić information content (AvgIpc) is 2.43. The smallest absolute Gasteiger partial charge is 0.347 e. The van der Waals surface area contributed by atoms with Crippen LogP contribution in [0.15, 0.2) is 29.3 Å². The summed E-state index contributed by atoms with van der Waals surface area (Å²) >= 11 is 0. The van der Waals surface area contributed by atoms with Crippen LogP contribution in [0.25, 0.3) is 0 Å². The highest BCUT2D eigenvalue weighted by atomic mass is 16.6. The van der Waals surface area contributed by atoms with E-state index in [2.05, 4.69) is 4.98 Å². The zero-order valence-corrected chi connectivity index (χ0v) is 11.1. The van der Waals surface area contributed by atoms with Crippen LogP contribution in [0.2, 0.25) is 0 Å². The third-order valence-electron chi connectivity index (χ3n) is 3.13. The number of nitrogen functional groups attached to an aromatic ring is 1. The molecule has 2 heterocycles. The van der Waals surface area contributed by atoms with Gasteiger partial charge in [0.15, 0.2) is 11.5 Å². The lowest BCUT2D eigenvalue weighted by molar-refractivity contribution is 0.171. The van der Waals surface area contributed by atoms with E-state index >= 15 is 0 Å². The van der Waals surface area contributed by atoms with Gasteiger partial charge in [-0.05, 0) is 24.1 Å². The number of hydrogen-bond acceptors (Lipinski definition) is 5. The molecule has 0 amide bonds. The lowest BCUT2D eigenvalue weighted by atomic mass is 10.1. The van der Waals surface area contributed by atoms with Gasteiger partial charge in [-0.1, -0.05) is 0 Å². The standard InChI is InChI=1S/C14H15N3O3/c1-9-6-16-14(18)17(7-9)8-10-4-12-13(5-11(10)15)20-3-2-19-12/h4-7H,2-3,8,15H2,1H3. The molecule has 2 aromatic rings. The fourth-order valence-electron chi connectivity index (χ4n) is 2.15. The van der Waals surface area contributed by atoms with Crippen LogP contribution in [0.1, 0.15) is 11.1 Å². The molecule has 0 saturated carbocycles. The Morgan fingerprint density at radius 3 is 2.75 bits per heavy atom. The zero-order chi connectivity index (χ0) is 14.1. The third kappa shape index (κ3) is 2.32. The molecule has 0 atom stereocenters. The summed E-state index contributed by atoms with van der Waals surface area (Å²) in [5, 5.41) is 0. The summed E-state index contributed by atoms with van der Waals surface area (Å²) in [4.78, 5) is 15.5. The maximum atomic E-state index is 11.7. The molecule has 1 aromatic heterocycles. The van der Waals surface area contributed by atoms with Gasteiger partial charge in [0, 0.05) is 24.1 Å². The van der Waals surface area contributed by atoms with Gasteiger partial charge in [-0.2, -0.15) is 0 Å². The molecule has 0 bridgehead atoms. The van der Waals surface area contributed by atoms with Gasteiger partial charge in [-0.25, -0.2) is 9.78 Å². The number of nitrogens with zero attached hydrogens (tertiary/aromatic N) is 2. The van der Waals surface area contributed by atoms with E-state index in [1.165, 1.54) is 4.57 Å². The van der Waals surface area contributed by atoms with E-state index < -0.39 is 0 Å². The van der Waals surface area contributed by atoms with Crippen LogP contribution in [-0.2, 0) is 6.54 Å². The zero-order valence-electron chi connectivity index (χ0n) is 11.1. The Morgan fingerprint density at radius 1 is 1.30 bits per heavy atom. The fraction of sp³-hybridized carbons (Fsp3) is 0.286. The van der Waals surface area contributed by atoms with Crippen LogP contribution in [0.4, 0.5) is 5.69 Å². The minimum atomic E-state index is -0.301. The average molecular weight is 273 g/mol. The molecule has 1 aliphatic heterocycles. The SMILES string of the molecule is Cc1cnc(=O)n(Cc2cc3c(cc2N)OCCO3)c1. The van der Waals surface area contributed by atoms with Crippen molar-refractivity contribution in [3.63, 3.8) is 0 Å². The molecule has 6 heteroatoms.